The van der Waals surface area contributed by atoms with Gasteiger partial charge in [0.2, 0.25) is 0 Å². The van der Waals surface area contributed by atoms with Crippen LogP contribution in [-0.2, 0) is 4.79 Å². The maximum atomic E-state index is 10.3. The molecule has 0 amide bonds. The molecule has 1 rings (SSSR count). The molecule has 0 aliphatic carbocycles. The standard InChI is InChI=1S/C10H15NO2S/c1-2-8-3-4-11-9(5-8)6-14-7-10(12)13/h2,8H,1,3-7H2,(H,12,13)/t8-/m0/s1. The maximum absolute atomic E-state index is 10.3. The lowest BCUT2D eigenvalue weighted by molar-refractivity contribution is -0.133. The van der Waals surface area contributed by atoms with Crippen molar-refractivity contribution in [1.82, 2.24) is 0 Å². The minimum Gasteiger partial charge on any atom is -0.481 e. The van der Waals surface area contributed by atoms with E-state index in [4.69, 9.17) is 5.11 Å². The highest BCUT2D eigenvalue weighted by atomic mass is 32.2. The summed E-state index contributed by atoms with van der Waals surface area (Å²) in [5.74, 6) is 0.689. The van der Waals surface area contributed by atoms with Crippen molar-refractivity contribution in [3.63, 3.8) is 0 Å². The molecule has 4 heteroatoms. The predicted octanol–water partition coefficient (Wildman–Crippen LogP) is 1.84. The van der Waals surface area contributed by atoms with Gasteiger partial charge in [0.15, 0.2) is 0 Å². The van der Waals surface area contributed by atoms with E-state index >= 15 is 0 Å². The number of carbonyl (C=O) groups is 1. The Balaban J connectivity index is 2.27. The van der Waals surface area contributed by atoms with Gasteiger partial charge in [-0.1, -0.05) is 6.08 Å². The first-order valence-corrected chi connectivity index (χ1v) is 5.82. The molecule has 0 aromatic carbocycles. The number of hydrogen-bond donors (Lipinski definition) is 1. The van der Waals surface area contributed by atoms with Gasteiger partial charge in [0.05, 0.1) is 5.75 Å². The minimum atomic E-state index is -0.758. The zero-order chi connectivity index (χ0) is 10.4. The molecule has 3 nitrogen and oxygen atoms in total. The van der Waals surface area contributed by atoms with Crippen LogP contribution in [0.5, 0.6) is 0 Å². The third kappa shape index (κ3) is 3.96. The van der Waals surface area contributed by atoms with Crippen molar-refractivity contribution in [2.45, 2.75) is 12.8 Å². The Hall–Kier alpha value is -0.770. The molecule has 0 aromatic heterocycles. The van der Waals surface area contributed by atoms with Crippen LogP contribution in [0.25, 0.3) is 0 Å². The van der Waals surface area contributed by atoms with E-state index in [0.29, 0.717) is 5.92 Å². The molecule has 1 heterocycles. The van der Waals surface area contributed by atoms with Crippen LogP contribution in [0, 0.1) is 5.92 Å². The van der Waals surface area contributed by atoms with Gasteiger partial charge in [-0.25, -0.2) is 0 Å². The topological polar surface area (TPSA) is 49.7 Å². The molecule has 1 N–H and O–H groups in total. The van der Waals surface area contributed by atoms with Gasteiger partial charge in [0.1, 0.15) is 0 Å². The van der Waals surface area contributed by atoms with Crippen LogP contribution < -0.4 is 0 Å². The second kappa shape index (κ2) is 5.86. The van der Waals surface area contributed by atoms with E-state index in [-0.39, 0.29) is 5.75 Å². The van der Waals surface area contributed by atoms with E-state index in [2.05, 4.69) is 11.6 Å². The first kappa shape index (κ1) is 11.3. The Morgan fingerprint density at radius 3 is 3.21 bits per heavy atom. The molecule has 78 valence electrons. The average molecular weight is 213 g/mol. The Bertz CT molecular complexity index is 251. The van der Waals surface area contributed by atoms with Gasteiger partial charge in [-0.15, -0.1) is 18.3 Å². The maximum Gasteiger partial charge on any atom is 0.313 e. The Labute approximate surface area is 88.3 Å². The van der Waals surface area contributed by atoms with Crippen molar-refractivity contribution in [2.24, 2.45) is 10.9 Å². The summed E-state index contributed by atoms with van der Waals surface area (Å²) in [6, 6.07) is 0. The number of aliphatic carboxylic acids is 1. The van der Waals surface area contributed by atoms with Crippen LogP contribution >= 0.6 is 11.8 Å². The summed E-state index contributed by atoms with van der Waals surface area (Å²) >= 11 is 1.42. The summed E-state index contributed by atoms with van der Waals surface area (Å²) in [5.41, 5.74) is 1.13. The van der Waals surface area contributed by atoms with Crippen molar-refractivity contribution in [3.8, 4) is 0 Å². The fourth-order valence-electron chi connectivity index (χ4n) is 1.42. The summed E-state index contributed by atoms with van der Waals surface area (Å²) in [6.45, 7) is 4.63. The third-order valence-electron chi connectivity index (χ3n) is 2.16. The number of nitrogens with zero attached hydrogens (tertiary/aromatic N) is 1. The lowest BCUT2D eigenvalue weighted by Gasteiger charge is -2.18. The van der Waals surface area contributed by atoms with Crippen LogP contribution in [0.15, 0.2) is 17.6 Å². The van der Waals surface area contributed by atoms with Crippen molar-refractivity contribution in [1.29, 1.82) is 0 Å². The summed E-state index contributed by atoms with van der Waals surface area (Å²) in [7, 11) is 0. The number of carboxylic acids is 1. The monoisotopic (exact) mass is 213 g/mol. The summed E-state index contributed by atoms with van der Waals surface area (Å²) < 4.78 is 0. The zero-order valence-electron chi connectivity index (χ0n) is 8.11. The highest BCUT2D eigenvalue weighted by Gasteiger charge is 2.13. The lowest BCUT2D eigenvalue weighted by atomic mass is 9.96. The van der Waals surface area contributed by atoms with Crippen molar-refractivity contribution >= 4 is 23.4 Å². The van der Waals surface area contributed by atoms with E-state index in [1.54, 1.807) is 0 Å². The number of rotatable bonds is 5. The fourth-order valence-corrected chi connectivity index (χ4v) is 2.14. The molecule has 0 fully saturated rings. The Morgan fingerprint density at radius 1 is 1.79 bits per heavy atom. The van der Waals surface area contributed by atoms with Gasteiger partial charge >= 0.3 is 5.97 Å². The third-order valence-corrected chi connectivity index (χ3v) is 3.15. The Morgan fingerprint density at radius 2 is 2.57 bits per heavy atom. The van der Waals surface area contributed by atoms with Crippen molar-refractivity contribution in [3.05, 3.63) is 12.7 Å². The SMILES string of the molecule is C=C[C@H]1CCN=C(CSCC(=O)O)C1. The highest BCUT2D eigenvalue weighted by molar-refractivity contribution is 8.00. The molecular formula is C10H15NO2S. The van der Waals surface area contributed by atoms with Crippen LogP contribution in [-0.4, -0.2) is 34.8 Å². The van der Waals surface area contributed by atoms with Crippen LogP contribution in [0.2, 0.25) is 0 Å². The average Bonchev–Trinajstić information content (AvgIpc) is 2.18. The molecule has 14 heavy (non-hydrogen) atoms. The molecule has 0 spiro atoms. The predicted molar refractivity (Wildman–Crippen MR) is 60.2 cm³/mol. The summed E-state index contributed by atoms with van der Waals surface area (Å²) in [5, 5.41) is 8.46. The van der Waals surface area contributed by atoms with E-state index in [9.17, 15) is 4.79 Å². The lowest BCUT2D eigenvalue weighted by Crippen LogP contribution is -2.17. The van der Waals surface area contributed by atoms with Crippen LogP contribution in [0.3, 0.4) is 0 Å². The summed E-state index contributed by atoms with van der Waals surface area (Å²) in [4.78, 5) is 14.7. The van der Waals surface area contributed by atoms with Crippen LogP contribution in [0.4, 0.5) is 0 Å². The van der Waals surface area contributed by atoms with E-state index in [1.165, 1.54) is 11.8 Å². The number of carboxylic acid groups (broad SMARTS) is 1. The molecule has 0 saturated carbocycles. The molecule has 0 radical (unpaired) electrons. The second-order valence-electron chi connectivity index (χ2n) is 3.32. The van der Waals surface area contributed by atoms with Gasteiger partial charge < -0.3 is 5.11 Å². The fraction of sp³-hybridized carbons (Fsp3) is 0.600. The number of aliphatic imine (C=N–C) groups is 1. The smallest absolute Gasteiger partial charge is 0.313 e. The first-order chi connectivity index (χ1) is 6.72. The van der Waals surface area contributed by atoms with E-state index < -0.39 is 5.97 Å². The normalized spacial score (nSPS) is 21.4. The molecule has 0 unspecified atom stereocenters. The van der Waals surface area contributed by atoms with E-state index in [1.807, 2.05) is 6.08 Å². The van der Waals surface area contributed by atoms with Gasteiger partial charge in [-0.3, -0.25) is 9.79 Å². The number of hydrogen-bond acceptors (Lipinski definition) is 3. The molecule has 1 aliphatic heterocycles. The first-order valence-electron chi connectivity index (χ1n) is 4.66. The van der Waals surface area contributed by atoms with Gasteiger partial charge in [-0.2, -0.15) is 0 Å². The second-order valence-corrected chi connectivity index (χ2v) is 4.31. The number of allylic oxidation sites excluding steroid dienone is 1. The van der Waals surface area contributed by atoms with Gasteiger partial charge in [0, 0.05) is 18.0 Å². The molecular weight excluding hydrogens is 198 g/mol. The highest BCUT2D eigenvalue weighted by Crippen LogP contribution is 2.18. The van der Waals surface area contributed by atoms with E-state index in [0.717, 1.165) is 30.9 Å². The van der Waals surface area contributed by atoms with Gasteiger partial charge in [-0.05, 0) is 18.8 Å². The molecule has 0 bridgehead atoms. The number of thioether (sulfide) groups is 1. The molecule has 1 aliphatic rings. The Kier molecular flexibility index (Phi) is 4.73. The van der Waals surface area contributed by atoms with Crippen molar-refractivity contribution < 1.29 is 9.90 Å². The zero-order valence-corrected chi connectivity index (χ0v) is 8.92. The van der Waals surface area contributed by atoms with Crippen molar-refractivity contribution in [2.75, 3.05) is 18.1 Å². The van der Waals surface area contributed by atoms with Gasteiger partial charge in [0.25, 0.3) is 0 Å². The summed E-state index contributed by atoms with van der Waals surface area (Å²) in [6.07, 6.45) is 4.00. The largest absolute Gasteiger partial charge is 0.481 e. The minimum absolute atomic E-state index is 0.164. The molecule has 1 atom stereocenters. The van der Waals surface area contributed by atoms with Crippen LogP contribution in [0.1, 0.15) is 12.8 Å². The quantitative estimate of drug-likeness (QED) is 0.709. The molecule has 0 saturated heterocycles. The molecule has 0 aromatic rings.